The Morgan fingerprint density at radius 2 is 1.65 bits per heavy atom. The molecule has 3 rings (SSSR count). The van der Waals surface area contributed by atoms with E-state index in [0.29, 0.717) is 11.4 Å². The standard InChI is InChI=1S/C17H17N3O2S/c1-13-8-10-15(11-9-13)19-23(21,22)16-12-20(2)18-17(16)14-6-4-3-5-7-14/h3-12,19H,1-2H3. The van der Waals surface area contributed by atoms with Crippen LogP contribution in [0.5, 0.6) is 0 Å². The fourth-order valence-corrected chi connectivity index (χ4v) is 3.55. The van der Waals surface area contributed by atoms with Crippen molar-refractivity contribution in [1.82, 2.24) is 9.78 Å². The highest BCUT2D eigenvalue weighted by Crippen LogP contribution is 2.27. The lowest BCUT2D eigenvalue weighted by atomic mass is 10.2. The Morgan fingerprint density at radius 3 is 2.30 bits per heavy atom. The van der Waals surface area contributed by atoms with Gasteiger partial charge >= 0.3 is 0 Å². The minimum Gasteiger partial charge on any atom is -0.280 e. The molecule has 0 aliphatic heterocycles. The van der Waals surface area contributed by atoms with Crippen LogP contribution in [-0.2, 0) is 17.1 Å². The van der Waals surface area contributed by atoms with Crippen LogP contribution < -0.4 is 4.72 Å². The number of anilines is 1. The molecule has 1 aromatic heterocycles. The van der Waals surface area contributed by atoms with Gasteiger partial charge in [0.2, 0.25) is 0 Å². The first-order valence-electron chi connectivity index (χ1n) is 7.14. The number of hydrogen-bond acceptors (Lipinski definition) is 3. The van der Waals surface area contributed by atoms with Crippen molar-refractivity contribution in [3.8, 4) is 11.3 Å². The molecule has 23 heavy (non-hydrogen) atoms. The third-order valence-corrected chi connectivity index (χ3v) is 4.82. The van der Waals surface area contributed by atoms with Crippen molar-refractivity contribution < 1.29 is 8.42 Å². The van der Waals surface area contributed by atoms with Crippen LogP contribution in [0, 0.1) is 6.92 Å². The molecule has 0 amide bonds. The number of sulfonamides is 1. The molecule has 6 heteroatoms. The molecule has 1 N–H and O–H groups in total. The normalized spacial score (nSPS) is 11.4. The molecule has 0 fully saturated rings. The van der Waals surface area contributed by atoms with Crippen LogP contribution >= 0.6 is 0 Å². The molecule has 0 radical (unpaired) electrons. The average molecular weight is 327 g/mol. The average Bonchev–Trinajstić information content (AvgIpc) is 2.93. The van der Waals surface area contributed by atoms with E-state index in [2.05, 4.69) is 9.82 Å². The van der Waals surface area contributed by atoms with Crippen LogP contribution in [0.2, 0.25) is 0 Å². The smallest absolute Gasteiger partial charge is 0.265 e. The van der Waals surface area contributed by atoms with Crippen molar-refractivity contribution in [3.05, 3.63) is 66.4 Å². The van der Waals surface area contributed by atoms with Crippen LogP contribution in [0.1, 0.15) is 5.56 Å². The number of nitrogens with one attached hydrogen (secondary N) is 1. The van der Waals surface area contributed by atoms with Gasteiger partial charge in [-0.05, 0) is 19.1 Å². The van der Waals surface area contributed by atoms with E-state index in [0.717, 1.165) is 11.1 Å². The summed E-state index contributed by atoms with van der Waals surface area (Å²) in [5, 5.41) is 4.30. The zero-order valence-corrected chi connectivity index (χ0v) is 13.7. The highest BCUT2D eigenvalue weighted by atomic mass is 32.2. The van der Waals surface area contributed by atoms with E-state index in [-0.39, 0.29) is 4.90 Å². The Bertz CT molecular complexity index is 914. The zero-order valence-electron chi connectivity index (χ0n) is 12.9. The molecule has 0 saturated carbocycles. The quantitative estimate of drug-likeness (QED) is 0.800. The summed E-state index contributed by atoms with van der Waals surface area (Å²) in [5.41, 5.74) is 2.79. The third-order valence-electron chi connectivity index (χ3n) is 3.44. The SMILES string of the molecule is Cc1ccc(NS(=O)(=O)c2cn(C)nc2-c2ccccc2)cc1. The van der Waals surface area contributed by atoms with Gasteiger partial charge in [0.15, 0.2) is 0 Å². The highest BCUT2D eigenvalue weighted by molar-refractivity contribution is 7.92. The Labute approximate surface area is 135 Å². The first-order valence-corrected chi connectivity index (χ1v) is 8.62. The van der Waals surface area contributed by atoms with Crippen LogP contribution in [0.25, 0.3) is 11.3 Å². The number of nitrogens with zero attached hydrogens (tertiary/aromatic N) is 2. The van der Waals surface area contributed by atoms with Gasteiger partial charge in [-0.2, -0.15) is 5.10 Å². The number of aryl methyl sites for hydroxylation is 2. The van der Waals surface area contributed by atoms with Crippen LogP contribution in [0.4, 0.5) is 5.69 Å². The van der Waals surface area contributed by atoms with E-state index >= 15 is 0 Å². The lowest BCUT2D eigenvalue weighted by Crippen LogP contribution is -2.13. The number of aromatic nitrogens is 2. The van der Waals surface area contributed by atoms with Gasteiger partial charge < -0.3 is 0 Å². The fourth-order valence-electron chi connectivity index (χ4n) is 2.29. The molecule has 0 aliphatic carbocycles. The van der Waals surface area contributed by atoms with E-state index < -0.39 is 10.0 Å². The summed E-state index contributed by atoms with van der Waals surface area (Å²) < 4.78 is 29.6. The van der Waals surface area contributed by atoms with Gasteiger partial charge in [0.1, 0.15) is 10.6 Å². The predicted octanol–water partition coefficient (Wildman–Crippen LogP) is 3.20. The van der Waals surface area contributed by atoms with Gasteiger partial charge in [0, 0.05) is 24.5 Å². The zero-order chi connectivity index (χ0) is 16.4. The van der Waals surface area contributed by atoms with Crippen molar-refractivity contribution in [3.63, 3.8) is 0 Å². The van der Waals surface area contributed by atoms with E-state index in [9.17, 15) is 8.42 Å². The molecule has 0 atom stereocenters. The second kappa shape index (κ2) is 5.89. The number of rotatable bonds is 4. The lowest BCUT2D eigenvalue weighted by Gasteiger charge is -2.08. The van der Waals surface area contributed by atoms with Crippen molar-refractivity contribution in [2.75, 3.05) is 4.72 Å². The van der Waals surface area contributed by atoms with Gasteiger partial charge in [-0.3, -0.25) is 9.40 Å². The summed E-state index contributed by atoms with van der Waals surface area (Å²) in [4.78, 5) is 0.159. The molecule has 0 bridgehead atoms. The van der Waals surface area contributed by atoms with E-state index in [4.69, 9.17) is 0 Å². The lowest BCUT2D eigenvalue weighted by molar-refractivity contribution is 0.601. The Morgan fingerprint density at radius 1 is 1.00 bits per heavy atom. The molecule has 3 aromatic rings. The maximum atomic E-state index is 12.7. The molecule has 118 valence electrons. The third kappa shape index (κ3) is 3.27. The monoisotopic (exact) mass is 327 g/mol. The fraction of sp³-hybridized carbons (Fsp3) is 0.118. The minimum atomic E-state index is -3.72. The van der Waals surface area contributed by atoms with Gasteiger partial charge in [-0.1, -0.05) is 48.0 Å². The molecule has 0 saturated heterocycles. The number of benzene rings is 2. The van der Waals surface area contributed by atoms with Crippen molar-refractivity contribution in [2.45, 2.75) is 11.8 Å². The van der Waals surface area contributed by atoms with Crippen LogP contribution in [0.3, 0.4) is 0 Å². The molecule has 2 aromatic carbocycles. The first-order chi connectivity index (χ1) is 11.0. The topological polar surface area (TPSA) is 64.0 Å². The Kier molecular flexibility index (Phi) is 3.92. The van der Waals surface area contributed by atoms with E-state index in [1.807, 2.05) is 49.4 Å². The van der Waals surface area contributed by atoms with Crippen LogP contribution in [-0.4, -0.2) is 18.2 Å². The molecule has 0 spiro atoms. The Hall–Kier alpha value is -2.60. The molecule has 0 unspecified atom stereocenters. The number of hydrogen-bond donors (Lipinski definition) is 1. The summed E-state index contributed by atoms with van der Waals surface area (Å²) in [5.74, 6) is 0. The van der Waals surface area contributed by atoms with Crippen LogP contribution in [0.15, 0.2) is 65.7 Å². The summed E-state index contributed by atoms with van der Waals surface area (Å²) in [6, 6.07) is 16.5. The second-order valence-electron chi connectivity index (χ2n) is 5.35. The van der Waals surface area contributed by atoms with Crippen molar-refractivity contribution >= 4 is 15.7 Å². The van der Waals surface area contributed by atoms with Gasteiger partial charge in [0.25, 0.3) is 10.0 Å². The molecular formula is C17H17N3O2S. The Balaban J connectivity index is 2.02. The van der Waals surface area contributed by atoms with Gasteiger partial charge in [-0.15, -0.1) is 0 Å². The van der Waals surface area contributed by atoms with Gasteiger partial charge in [-0.25, -0.2) is 8.42 Å². The second-order valence-corrected chi connectivity index (χ2v) is 7.00. The maximum absolute atomic E-state index is 12.7. The maximum Gasteiger partial charge on any atom is 0.265 e. The van der Waals surface area contributed by atoms with Crippen molar-refractivity contribution in [1.29, 1.82) is 0 Å². The van der Waals surface area contributed by atoms with Crippen molar-refractivity contribution in [2.24, 2.45) is 7.05 Å². The molecule has 1 heterocycles. The van der Waals surface area contributed by atoms with E-state index in [1.54, 1.807) is 19.2 Å². The first kappa shape index (κ1) is 15.3. The molecule has 5 nitrogen and oxygen atoms in total. The summed E-state index contributed by atoms with van der Waals surface area (Å²) >= 11 is 0. The summed E-state index contributed by atoms with van der Waals surface area (Å²) in [6.45, 7) is 1.95. The largest absolute Gasteiger partial charge is 0.280 e. The highest BCUT2D eigenvalue weighted by Gasteiger charge is 2.23. The minimum absolute atomic E-state index is 0.159. The molecular weight excluding hydrogens is 310 g/mol. The summed E-state index contributed by atoms with van der Waals surface area (Å²) in [6.07, 6.45) is 1.51. The van der Waals surface area contributed by atoms with Gasteiger partial charge in [0.05, 0.1) is 0 Å². The summed E-state index contributed by atoms with van der Waals surface area (Å²) in [7, 11) is -2.01. The van der Waals surface area contributed by atoms with E-state index in [1.165, 1.54) is 10.9 Å². The predicted molar refractivity (Wildman–Crippen MR) is 90.6 cm³/mol. The molecule has 0 aliphatic rings.